The van der Waals surface area contributed by atoms with Crippen LogP contribution in [0.3, 0.4) is 0 Å². The smallest absolute Gasteiger partial charge is 0.174 e. The van der Waals surface area contributed by atoms with Gasteiger partial charge < -0.3 is 23.5 Å². The van der Waals surface area contributed by atoms with Crippen molar-refractivity contribution in [1.29, 1.82) is 0 Å². The fourth-order valence-corrected chi connectivity index (χ4v) is 6.16. The molecular weight excluding hydrogens is 399 g/mol. The fourth-order valence-electron chi connectivity index (χ4n) is 3.36. The lowest BCUT2D eigenvalue weighted by atomic mass is 10.3. The van der Waals surface area contributed by atoms with Crippen molar-refractivity contribution in [1.82, 2.24) is 0 Å². The Balaban J connectivity index is 1.61. The van der Waals surface area contributed by atoms with Crippen LogP contribution in [0.1, 0.15) is 0 Å². The highest BCUT2D eigenvalue weighted by Gasteiger charge is 2.34. The van der Waals surface area contributed by atoms with E-state index in [4.69, 9.17) is 18.9 Å². The van der Waals surface area contributed by atoms with Crippen LogP contribution in [0.5, 0.6) is 11.5 Å². The Morgan fingerprint density at radius 3 is 1.83 bits per heavy atom. The third-order valence-corrected chi connectivity index (χ3v) is 8.25. The first kappa shape index (κ1) is 19.4. The summed E-state index contributed by atoms with van der Waals surface area (Å²) < 4.78 is 37.3. The van der Waals surface area contributed by atoms with Gasteiger partial charge in [0.25, 0.3) is 0 Å². The fraction of sp³-hybridized carbons (Fsp3) is 0.250. The molecule has 0 bridgehead atoms. The first-order valence-corrected chi connectivity index (χ1v) is 11.8. The third kappa shape index (κ3) is 4.15. The molecule has 30 heavy (non-hydrogen) atoms. The normalized spacial score (nSPS) is 19.9. The summed E-state index contributed by atoms with van der Waals surface area (Å²) in [6.07, 6.45) is 0.250. The standard InChI is InChI=1S/C24H23O5P/c25-30(21-7-3-1-4-8-21,22-9-5-2-6-10-22)24-13-18(26-14-19-15-27-19)11-12-23(24)29-17-20-16-28-20/h1-13,19-20H,14-17H2. The van der Waals surface area contributed by atoms with E-state index >= 15 is 0 Å². The molecule has 154 valence electrons. The van der Waals surface area contributed by atoms with E-state index < -0.39 is 7.14 Å². The van der Waals surface area contributed by atoms with Gasteiger partial charge in [-0.1, -0.05) is 60.7 Å². The van der Waals surface area contributed by atoms with Crippen LogP contribution in [0, 0.1) is 0 Å². The molecule has 0 aliphatic carbocycles. The average Bonchev–Trinajstić information content (AvgIpc) is 3.72. The first-order chi connectivity index (χ1) is 14.7. The first-order valence-electron chi connectivity index (χ1n) is 10.1. The number of ether oxygens (including phenoxy) is 4. The van der Waals surface area contributed by atoms with Crippen molar-refractivity contribution >= 4 is 23.1 Å². The van der Waals surface area contributed by atoms with E-state index in [0.717, 1.165) is 17.2 Å². The Morgan fingerprint density at radius 1 is 0.767 bits per heavy atom. The zero-order chi connectivity index (χ0) is 20.4. The molecule has 2 atom stereocenters. The molecule has 0 saturated carbocycles. The Labute approximate surface area is 175 Å². The van der Waals surface area contributed by atoms with Crippen LogP contribution in [0.2, 0.25) is 0 Å². The van der Waals surface area contributed by atoms with Gasteiger partial charge in [0, 0.05) is 10.6 Å². The quantitative estimate of drug-likeness (QED) is 0.392. The Kier molecular flexibility index (Phi) is 5.34. The molecule has 0 spiro atoms. The molecule has 2 fully saturated rings. The second-order valence-corrected chi connectivity index (χ2v) is 10.2. The summed E-state index contributed by atoms with van der Waals surface area (Å²) in [7, 11) is -3.19. The number of epoxide rings is 2. The van der Waals surface area contributed by atoms with Crippen molar-refractivity contribution in [2.45, 2.75) is 12.2 Å². The SMILES string of the molecule is O=P(c1ccccc1)(c1ccccc1)c1cc(OCC2CO2)ccc1OCC1CO1. The minimum absolute atomic E-state index is 0.105. The van der Waals surface area contributed by atoms with Gasteiger partial charge in [0.2, 0.25) is 0 Å². The molecule has 6 heteroatoms. The van der Waals surface area contributed by atoms with Gasteiger partial charge >= 0.3 is 0 Å². The Bertz CT molecular complexity index is 1000. The predicted molar refractivity (Wildman–Crippen MR) is 116 cm³/mol. The zero-order valence-corrected chi connectivity index (χ0v) is 17.4. The molecule has 2 heterocycles. The lowest BCUT2D eigenvalue weighted by Crippen LogP contribution is -2.27. The molecule has 3 aromatic carbocycles. The largest absolute Gasteiger partial charge is 0.491 e. The van der Waals surface area contributed by atoms with E-state index in [1.165, 1.54) is 0 Å². The van der Waals surface area contributed by atoms with Crippen molar-refractivity contribution < 1.29 is 23.5 Å². The monoisotopic (exact) mass is 422 g/mol. The zero-order valence-electron chi connectivity index (χ0n) is 16.5. The Morgan fingerprint density at radius 2 is 1.30 bits per heavy atom. The van der Waals surface area contributed by atoms with Crippen molar-refractivity contribution in [2.24, 2.45) is 0 Å². The molecule has 2 aliphatic heterocycles. The molecule has 0 N–H and O–H groups in total. The van der Waals surface area contributed by atoms with Gasteiger partial charge in [-0.3, -0.25) is 0 Å². The topological polar surface area (TPSA) is 60.6 Å². The molecule has 2 unspecified atom stereocenters. The molecule has 5 nitrogen and oxygen atoms in total. The highest BCUT2D eigenvalue weighted by Crippen LogP contribution is 2.46. The van der Waals surface area contributed by atoms with Gasteiger partial charge in [0.05, 0.1) is 18.5 Å². The second kappa shape index (κ2) is 8.27. The molecule has 2 saturated heterocycles. The molecule has 0 radical (unpaired) electrons. The molecule has 2 aliphatic rings. The molecule has 0 aromatic heterocycles. The summed E-state index contributed by atoms with van der Waals surface area (Å²) >= 11 is 0. The highest BCUT2D eigenvalue weighted by atomic mass is 31.2. The maximum atomic E-state index is 14.8. The van der Waals surface area contributed by atoms with Gasteiger partial charge in [-0.2, -0.15) is 0 Å². The van der Waals surface area contributed by atoms with Crippen LogP contribution in [-0.2, 0) is 14.0 Å². The number of hydrogen-bond acceptors (Lipinski definition) is 5. The number of rotatable bonds is 9. The molecular formula is C24H23O5P. The van der Waals surface area contributed by atoms with E-state index in [1.807, 2.05) is 78.9 Å². The van der Waals surface area contributed by atoms with Crippen LogP contribution in [-0.4, -0.2) is 38.6 Å². The lowest BCUT2D eigenvalue weighted by molar-refractivity contribution is 0.258. The summed E-state index contributed by atoms with van der Waals surface area (Å²) in [5.41, 5.74) is 0. The van der Waals surface area contributed by atoms with Gasteiger partial charge in [-0.25, -0.2) is 0 Å². The van der Waals surface area contributed by atoms with Gasteiger partial charge in [0.1, 0.15) is 36.9 Å². The maximum absolute atomic E-state index is 14.8. The van der Waals surface area contributed by atoms with E-state index in [2.05, 4.69) is 0 Å². The van der Waals surface area contributed by atoms with Crippen LogP contribution < -0.4 is 25.4 Å². The third-order valence-electron chi connectivity index (χ3n) is 5.17. The van der Waals surface area contributed by atoms with Crippen LogP contribution >= 0.6 is 7.14 Å². The van der Waals surface area contributed by atoms with Crippen LogP contribution in [0.4, 0.5) is 0 Å². The van der Waals surface area contributed by atoms with E-state index in [0.29, 0.717) is 36.6 Å². The van der Waals surface area contributed by atoms with Crippen molar-refractivity contribution in [3.63, 3.8) is 0 Å². The van der Waals surface area contributed by atoms with Crippen LogP contribution in [0.25, 0.3) is 0 Å². The molecule has 3 aromatic rings. The van der Waals surface area contributed by atoms with Crippen molar-refractivity contribution in [3.05, 3.63) is 78.9 Å². The number of benzene rings is 3. The van der Waals surface area contributed by atoms with Crippen molar-refractivity contribution in [3.8, 4) is 11.5 Å². The summed E-state index contributed by atoms with van der Waals surface area (Å²) in [4.78, 5) is 0. The average molecular weight is 422 g/mol. The lowest BCUT2D eigenvalue weighted by Gasteiger charge is -2.23. The van der Waals surface area contributed by atoms with Gasteiger partial charge in [-0.15, -0.1) is 0 Å². The Hall–Kier alpha value is -2.59. The minimum atomic E-state index is -3.19. The maximum Gasteiger partial charge on any atom is 0.174 e. The molecule has 0 amide bonds. The minimum Gasteiger partial charge on any atom is -0.491 e. The predicted octanol–water partition coefficient (Wildman–Crippen LogP) is 2.88. The number of hydrogen-bond donors (Lipinski definition) is 0. The second-order valence-electron chi connectivity index (χ2n) is 7.44. The summed E-state index contributed by atoms with van der Waals surface area (Å²) in [6.45, 7) is 2.35. The van der Waals surface area contributed by atoms with Gasteiger partial charge in [-0.05, 0) is 18.2 Å². The van der Waals surface area contributed by atoms with Crippen molar-refractivity contribution in [2.75, 3.05) is 26.4 Å². The highest BCUT2D eigenvalue weighted by molar-refractivity contribution is 7.85. The van der Waals surface area contributed by atoms with E-state index in [1.54, 1.807) is 0 Å². The van der Waals surface area contributed by atoms with Gasteiger partial charge in [0.15, 0.2) is 7.14 Å². The van der Waals surface area contributed by atoms with E-state index in [9.17, 15) is 4.57 Å². The summed E-state index contributed by atoms with van der Waals surface area (Å²) in [5, 5.41) is 2.15. The summed E-state index contributed by atoms with van der Waals surface area (Å²) in [5.74, 6) is 1.25. The summed E-state index contributed by atoms with van der Waals surface area (Å²) in [6, 6.07) is 24.7. The van der Waals surface area contributed by atoms with Crippen LogP contribution in [0.15, 0.2) is 78.9 Å². The molecule has 5 rings (SSSR count). The van der Waals surface area contributed by atoms with E-state index in [-0.39, 0.29) is 12.2 Å².